The minimum Gasteiger partial charge on any atom is -0.376 e. The summed E-state index contributed by atoms with van der Waals surface area (Å²) in [7, 11) is 1.39. The van der Waals surface area contributed by atoms with E-state index in [4.69, 9.17) is 4.74 Å². The third-order valence-electron chi connectivity index (χ3n) is 4.36. The Morgan fingerprint density at radius 2 is 2.09 bits per heavy atom. The fraction of sp³-hybridized carbons (Fsp3) is 0.688. The Morgan fingerprint density at radius 3 is 2.83 bits per heavy atom. The summed E-state index contributed by atoms with van der Waals surface area (Å²) in [6.45, 7) is 2.99. The Labute approximate surface area is 135 Å². The van der Waals surface area contributed by atoms with Gasteiger partial charge >= 0.3 is 5.69 Å². The van der Waals surface area contributed by atoms with Crippen molar-refractivity contribution in [3.8, 4) is 0 Å². The number of carbonyl (C=O) groups excluding carboxylic acids is 1. The largest absolute Gasteiger partial charge is 0.376 e. The lowest BCUT2D eigenvalue weighted by Crippen LogP contribution is -2.40. The van der Waals surface area contributed by atoms with Crippen molar-refractivity contribution in [1.82, 2.24) is 14.5 Å². The SMILES string of the molecule is C[C@H]1CCCC[C@H]1OCCNC(=O)Cn1ccc(=O)n(C)c1=O. The first-order chi connectivity index (χ1) is 11.0. The van der Waals surface area contributed by atoms with E-state index in [-0.39, 0.29) is 24.1 Å². The number of ether oxygens (including phenoxy) is 1. The first-order valence-corrected chi connectivity index (χ1v) is 8.14. The van der Waals surface area contributed by atoms with Gasteiger partial charge in [-0.05, 0) is 18.8 Å². The van der Waals surface area contributed by atoms with Gasteiger partial charge in [0.05, 0.1) is 12.7 Å². The van der Waals surface area contributed by atoms with E-state index in [0.717, 1.165) is 11.0 Å². The van der Waals surface area contributed by atoms with E-state index in [1.165, 1.54) is 43.1 Å². The summed E-state index contributed by atoms with van der Waals surface area (Å²) >= 11 is 0. The molecule has 7 heteroatoms. The number of aromatic nitrogens is 2. The van der Waals surface area contributed by atoms with Crippen molar-refractivity contribution in [2.24, 2.45) is 13.0 Å². The van der Waals surface area contributed by atoms with Crippen LogP contribution in [0.3, 0.4) is 0 Å². The first-order valence-electron chi connectivity index (χ1n) is 8.14. The van der Waals surface area contributed by atoms with Gasteiger partial charge in [-0.25, -0.2) is 4.79 Å². The highest BCUT2D eigenvalue weighted by molar-refractivity contribution is 5.75. The van der Waals surface area contributed by atoms with Crippen LogP contribution >= 0.6 is 0 Å². The van der Waals surface area contributed by atoms with Crippen LogP contribution < -0.4 is 16.6 Å². The fourth-order valence-corrected chi connectivity index (χ4v) is 2.88. The lowest BCUT2D eigenvalue weighted by Gasteiger charge is -2.28. The summed E-state index contributed by atoms with van der Waals surface area (Å²) in [6, 6.07) is 1.27. The van der Waals surface area contributed by atoms with Crippen LogP contribution in [-0.2, 0) is 23.1 Å². The van der Waals surface area contributed by atoms with Gasteiger partial charge in [0.2, 0.25) is 5.91 Å². The molecule has 2 atom stereocenters. The van der Waals surface area contributed by atoms with Gasteiger partial charge in [0, 0.05) is 25.9 Å². The van der Waals surface area contributed by atoms with E-state index in [1.807, 2.05) is 0 Å². The standard InChI is InChI=1S/C16H25N3O4/c1-12-5-3-4-6-13(12)23-10-8-17-14(20)11-19-9-7-15(21)18(2)16(19)22/h7,9,12-13H,3-6,8,10-11H2,1-2H3,(H,17,20)/t12-,13+/m0/s1. The van der Waals surface area contributed by atoms with E-state index < -0.39 is 5.69 Å². The first kappa shape index (κ1) is 17.5. The molecule has 2 rings (SSSR count). The molecule has 1 amide bonds. The maximum Gasteiger partial charge on any atom is 0.331 e. The Bertz CT molecular complexity index is 649. The fourth-order valence-electron chi connectivity index (χ4n) is 2.88. The molecule has 1 fully saturated rings. The summed E-state index contributed by atoms with van der Waals surface area (Å²) in [6.07, 6.45) is 6.38. The van der Waals surface area contributed by atoms with Crippen LogP contribution in [0.25, 0.3) is 0 Å². The molecule has 0 bridgehead atoms. The number of nitrogens with one attached hydrogen (secondary N) is 1. The topological polar surface area (TPSA) is 82.3 Å². The van der Waals surface area contributed by atoms with E-state index >= 15 is 0 Å². The maximum absolute atomic E-state index is 11.9. The van der Waals surface area contributed by atoms with Gasteiger partial charge in [-0.1, -0.05) is 19.8 Å². The molecule has 1 aromatic rings. The minimum atomic E-state index is -0.500. The molecule has 0 radical (unpaired) electrons. The Kier molecular flexibility index (Phi) is 6.15. The number of rotatable bonds is 6. The van der Waals surface area contributed by atoms with E-state index in [0.29, 0.717) is 19.1 Å². The van der Waals surface area contributed by atoms with Crippen molar-refractivity contribution in [3.05, 3.63) is 33.1 Å². The van der Waals surface area contributed by atoms with Crippen LogP contribution in [0.5, 0.6) is 0 Å². The molecular weight excluding hydrogens is 298 g/mol. The second kappa shape index (κ2) is 8.10. The van der Waals surface area contributed by atoms with Crippen molar-refractivity contribution >= 4 is 5.91 Å². The van der Waals surface area contributed by atoms with Gasteiger partial charge in [0.25, 0.3) is 5.56 Å². The molecular formula is C16H25N3O4. The normalized spacial score (nSPS) is 21.1. The molecule has 1 aliphatic carbocycles. The van der Waals surface area contributed by atoms with Gasteiger partial charge in [0.1, 0.15) is 6.54 Å². The Morgan fingerprint density at radius 1 is 1.35 bits per heavy atom. The molecule has 1 heterocycles. The molecule has 1 aliphatic rings. The van der Waals surface area contributed by atoms with Crippen LogP contribution in [-0.4, -0.2) is 34.3 Å². The Balaban J connectivity index is 1.74. The van der Waals surface area contributed by atoms with Gasteiger partial charge in [0.15, 0.2) is 0 Å². The highest BCUT2D eigenvalue weighted by Gasteiger charge is 2.21. The second-order valence-electron chi connectivity index (χ2n) is 6.14. The smallest absolute Gasteiger partial charge is 0.331 e. The summed E-state index contributed by atoms with van der Waals surface area (Å²) in [5, 5.41) is 2.74. The monoisotopic (exact) mass is 323 g/mol. The van der Waals surface area contributed by atoms with Crippen LogP contribution in [0.1, 0.15) is 32.6 Å². The van der Waals surface area contributed by atoms with Crippen molar-refractivity contribution in [2.75, 3.05) is 13.2 Å². The van der Waals surface area contributed by atoms with E-state index in [2.05, 4.69) is 12.2 Å². The molecule has 128 valence electrons. The zero-order valence-electron chi connectivity index (χ0n) is 13.8. The molecule has 0 unspecified atom stereocenters. The summed E-state index contributed by atoms with van der Waals surface area (Å²) in [5.74, 6) is 0.301. The van der Waals surface area contributed by atoms with Crippen LogP contribution in [0.4, 0.5) is 0 Å². The Hall–Kier alpha value is -1.89. The van der Waals surface area contributed by atoms with Crippen molar-refractivity contribution in [3.63, 3.8) is 0 Å². The van der Waals surface area contributed by atoms with Crippen molar-refractivity contribution in [2.45, 2.75) is 45.3 Å². The van der Waals surface area contributed by atoms with Crippen LogP contribution in [0, 0.1) is 5.92 Å². The van der Waals surface area contributed by atoms with Crippen LogP contribution in [0.2, 0.25) is 0 Å². The highest BCUT2D eigenvalue weighted by atomic mass is 16.5. The van der Waals surface area contributed by atoms with Gasteiger partial charge in [-0.3, -0.25) is 18.7 Å². The molecule has 0 spiro atoms. The number of hydrogen-bond donors (Lipinski definition) is 1. The highest BCUT2D eigenvalue weighted by Crippen LogP contribution is 2.25. The van der Waals surface area contributed by atoms with Gasteiger partial charge in [-0.2, -0.15) is 0 Å². The maximum atomic E-state index is 11.9. The third kappa shape index (κ3) is 4.79. The second-order valence-corrected chi connectivity index (χ2v) is 6.14. The lowest BCUT2D eigenvalue weighted by molar-refractivity contribution is -0.122. The lowest BCUT2D eigenvalue weighted by atomic mass is 9.88. The van der Waals surface area contributed by atoms with E-state index in [9.17, 15) is 14.4 Å². The average Bonchev–Trinajstić information content (AvgIpc) is 2.54. The number of carbonyl (C=O) groups is 1. The van der Waals surface area contributed by atoms with Gasteiger partial charge < -0.3 is 10.1 Å². The van der Waals surface area contributed by atoms with Crippen LogP contribution in [0.15, 0.2) is 21.9 Å². The molecule has 1 aromatic heterocycles. The zero-order valence-corrected chi connectivity index (χ0v) is 13.8. The molecule has 23 heavy (non-hydrogen) atoms. The molecule has 1 N–H and O–H groups in total. The summed E-state index contributed by atoms with van der Waals surface area (Å²) in [5.41, 5.74) is -0.887. The molecule has 0 aromatic carbocycles. The van der Waals surface area contributed by atoms with Crippen molar-refractivity contribution in [1.29, 1.82) is 0 Å². The minimum absolute atomic E-state index is 0.104. The molecule has 0 aliphatic heterocycles. The molecule has 1 saturated carbocycles. The predicted octanol–water partition coefficient (Wildman–Crippen LogP) is 0.259. The summed E-state index contributed by atoms with van der Waals surface area (Å²) < 4.78 is 8.01. The number of amides is 1. The third-order valence-corrected chi connectivity index (χ3v) is 4.36. The predicted molar refractivity (Wildman–Crippen MR) is 86.3 cm³/mol. The quantitative estimate of drug-likeness (QED) is 0.761. The average molecular weight is 323 g/mol. The molecule has 0 saturated heterocycles. The number of hydrogen-bond acceptors (Lipinski definition) is 4. The zero-order chi connectivity index (χ0) is 16.8. The van der Waals surface area contributed by atoms with Crippen molar-refractivity contribution < 1.29 is 9.53 Å². The number of nitrogens with zero attached hydrogens (tertiary/aromatic N) is 2. The van der Waals surface area contributed by atoms with E-state index in [1.54, 1.807) is 0 Å². The molecule has 7 nitrogen and oxygen atoms in total. The summed E-state index contributed by atoms with van der Waals surface area (Å²) in [4.78, 5) is 35.0. The van der Waals surface area contributed by atoms with Gasteiger partial charge in [-0.15, -0.1) is 0 Å².